The van der Waals surface area contributed by atoms with E-state index in [1.54, 1.807) is 24.7 Å². The number of rotatable bonds is 3. The van der Waals surface area contributed by atoms with E-state index in [9.17, 15) is 4.39 Å². The van der Waals surface area contributed by atoms with Gasteiger partial charge in [-0.05, 0) is 12.1 Å². The van der Waals surface area contributed by atoms with Crippen molar-refractivity contribution in [2.45, 2.75) is 6.54 Å². The fraction of sp³-hybridized carbons (Fsp3) is 0.100. The van der Waals surface area contributed by atoms with Gasteiger partial charge in [0.1, 0.15) is 0 Å². The van der Waals surface area contributed by atoms with Crippen LogP contribution in [0.5, 0.6) is 0 Å². The predicted octanol–water partition coefficient (Wildman–Crippen LogP) is 1.62. The van der Waals surface area contributed by atoms with E-state index >= 15 is 0 Å². The zero-order chi connectivity index (χ0) is 10.5. The first-order valence-electron chi connectivity index (χ1n) is 4.45. The van der Waals surface area contributed by atoms with E-state index in [2.05, 4.69) is 20.3 Å². The summed E-state index contributed by atoms with van der Waals surface area (Å²) < 4.78 is 12.5. The van der Waals surface area contributed by atoms with Crippen LogP contribution in [0.4, 0.5) is 10.1 Å². The van der Waals surface area contributed by atoms with Gasteiger partial charge in [-0.2, -0.15) is 4.39 Å². The van der Waals surface area contributed by atoms with Crippen LogP contribution in [-0.2, 0) is 6.54 Å². The van der Waals surface area contributed by atoms with Gasteiger partial charge in [0.2, 0.25) is 5.95 Å². The van der Waals surface area contributed by atoms with Crippen molar-refractivity contribution in [3.63, 3.8) is 0 Å². The van der Waals surface area contributed by atoms with E-state index in [1.807, 2.05) is 0 Å². The first kappa shape index (κ1) is 9.51. The number of hydrogen-bond donors (Lipinski definition) is 1. The summed E-state index contributed by atoms with van der Waals surface area (Å²) in [6, 6.07) is 2.93. The van der Waals surface area contributed by atoms with E-state index < -0.39 is 5.95 Å². The van der Waals surface area contributed by atoms with E-state index in [0.29, 0.717) is 6.54 Å². The van der Waals surface area contributed by atoms with Crippen molar-refractivity contribution in [2.75, 3.05) is 5.32 Å². The topological polar surface area (TPSA) is 50.7 Å². The molecule has 2 aromatic heterocycles. The molecule has 0 aromatic carbocycles. The lowest BCUT2D eigenvalue weighted by molar-refractivity contribution is 0.584. The van der Waals surface area contributed by atoms with E-state index in [4.69, 9.17) is 0 Å². The highest BCUT2D eigenvalue weighted by atomic mass is 19.1. The molecule has 0 amide bonds. The van der Waals surface area contributed by atoms with Crippen molar-refractivity contribution in [2.24, 2.45) is 0 Å². The average Bonchev–Trinajstić information content (AvgIpc) is 2.30. The van der Waals surface area contributed by atoms with E-state index in [1.165, 1.54) is 12.3 Å². The van der Waals surface area contributed by atoms with Crippen molar-refractivity contribution >= 4 is 5.69 Å². The third kappa shape index (κ3) is 2.70. The second-order valence-electron chi connectivity index (χ2n) is 2.92. The summed E-state index contributed by atoms with van der Waals surface area (Å²) in [6.07, 6.45) is 6.35. The van der Waals surface area contributed by atoms with Gasteiger partial charge < -0.3 is 5.32 Å². The molecule has 0 saturated heterocycles. The largest absolute Gasteiger partial charge is 0.378 e. The molecule has 0 spiro atoms. The Balaban J connectivity index is 1.96. The predicted molar refractivity (Wildman–Crippen MR) is 53.6 cm³/mol. The number of aromatic nitrogens is 3. The molecule has 2 aromatic rings. The molecule has 0 aliphatic rings. The van der Waals surface area contributed by atoms with Gasteiger partial charge >= 0.3 is 0 Å². The smallest absolute Gasteiger partial charge is 0.212 e. The van der Waals surface area contributed by atoms with Gasteiger partial charge in [-0.15, -0.1) is 0 Å². The van der Waals surface area contributed by atoms with Crippen LogP contribution in [0.1, 0.15) is 5.69 Å². The molecule has 0 radical (unpaired) electrons. The highest BCUT2D eigenvalue weighted by Crippen LogP contribution is 2.06. The maximum Gasteiger partial charge on any atom is 0.212 e. The highest BCUT2D eigenvalue weighted by Gasteiger charge is 1.95. The van der Waals surface area contributed by atoms with Gasteiger partial charge in [0, 0.05) is 12.4 Å². The minimum absolute atomic E-state index is 0.486. The van der Waals surface area contributed by atoms with Gasteiger partial charge in [0.25, 0.3) is 0 Å². The molecule has 76 valence electrons. The summed E-state index contributed by atoms with van der Waals surface area (Å²) in [6.45, 7) is 0.543. The Hall–Kier alpha value is -2.04. The average molecular weight is 204 g/mol. The molecule has 0 aliphatic carbocycles. The first-order valence-corrected chi connectivity index (χ1v) is 4.45. The summed E-state index contributed by atoms with van der Waals surface area (Å²) in [5, 5.41) is 3.06. The first-order chi connectivity index (χ1) is 7.34. The van der Waals surface area contributed by atoms with Crippen LogP contribution < -0.4 is 5.32 Å². The highest BCUT2D eigenvalue weighted by molar-refractivity contribution is 5.39. The summed E-state index contributed by atoms with van der Waals surface area (Å²) >= 11 is 0. The zero-order valence-electron chi connectivity index (χ0n) is 7.89. The molecule has 4 nitrogen and oxygen atoms in total. The summed E-state index contributed by atoms with van der Waals surface area (Å²) in [7, 11) is 0. The Morgan fingerprint density at radius 1 is 1.13 bits per heavy atom. The Labute approximate surface area is 86.2 Å². The Kier molecular flexibility index (Phi) is 2.82. The van der Waals surface area contributed by atoms with Crippen molar-refractivity contribution in [1.82, 2.24) is 15.0 Å². The number of halogens is 1. The summed E-state index contributed by atoms with van der Waals surface area (Å²) in [5.74, 6) is -0.486. The van der Waals surface area contributed by atoms with Gasteiger partial charge in [-0.25, -0.2) is 4.98 Å². The molecule has 0 bridgehead atoms. The van der Waals surface area contributed by atoms with E-state index in [-0.39, 0.29) is 0 Å². The number of nitrogens with one attached hydrogen (secondary N) is 1. The number of pyridine rings is 1. The van der Waals surface area contributed by atoms with Crippen molar-refractivity contribution in [1.29, 1.82) is 0 Å². The standard InChI is InChI=1S/C10H9FN4/c11-10-2-1-8(6-15-10)14-7-9-5-12-3-4-13-9/h1-6,14H,7H2. The number of anilines is 1. The molecular weight excluding hydrogens is 195 g/mol. The zero-order valence-corrected chi connectivity index (χ0v) is 7.89. The number of nitrogens with zero attached hydrogens (tertiary/aromatic N) is 3. The van der Waals surface area contributed by atoms with Crippen LogP contribution in [0, 0.1) is 5.95 Å². The van der Waals surface area contributed by atoms with Crippen molar-refractivity contribution in [3.8, 4) is 0 Å². The monoisotopic (exact) mass is 204 g/mol. The van der Waals surface area contributed by atoms with Crippen LogP contribution in [0.25, 0.3) is 0 Å². The molecule has 1 N–H and O–H groups in total. The Morgan fingerprint density at radius 3 is 2.73 bits per heavy atom. The number of hydrogen-bond acceptors (Lipinski definition) is 4. The van der Waals surface area contributed by atoms with Gasteiger partial charge in [-0.1, -0.05) is 0 Å². The normalized spacial score (nSPS) is 9.93. The lowest BCUT2D eigenvalue weighted by atomic mass is 10.4. The minimum atomic E-state index is -0.486. The van der Waals surface area contributed by atoms with Gasteiger partial charge in [-0.3, -0.25) is 9.97 Å². The van der Waals surface area contributed by atoms with Gasteiger partial charge in [0.05, 0.1) is 30.3 Å². The maximum atomic E-state index is 12.5. The molecule has 0 atom stereocenters. The molecule has 15 heavy (non-hydrogen) atoms. The molecule has 0 fully saturated rings. The molecule has 0 saturated carbocycles. The van der Waals surface area contributed by atoms with Crippen LogP contribution in [0.2, 0.25) is 0 Å². The second kappa shape index (κ2) is 4.45. The van der Waals surface area contributed by atoms with Crippen LogP contribution in [0.15, 0.2) is 36.9 Å². The second-order valence-corrected chi connectivity index (χ2v) is 2.92. The van der Waals surface area contributed by atoms with Crippen LogP contribution >= 0.6 is 0 Å². The molecule has 0 unspecified atom stereocenters. The Morgan fingerprint density at radius 2 is 2.07 bits per heavy atom. The van der Waals surface area contributed by atoms with Crippen molar-refractivity contribution in [3.05, 3.63) is 48.6 Å². The van der Waals surface area contributed by atoms with Gasteiger partial charge in [0.15, 0.2) is 0 Å². The SMILES string of the molecule is Fc1ccc(NCc2cnccn2)cn1. The molecule has 2 rings (SSSR count). The third-order valence-electron chi connectivity index (χ3n) is 1.82. The molecule has 2 heterocycles. The molecular formula is C10H9FN4. The third-order valence-corrected chi connectivity index (χ3v) is 1.82. The molecule has 5 heteroatoms. The summed E-state index contributed by atoms with van der Waals surface area (Å²) in [4.78, 5) is 11.6. The van der Waals surface area contributed by atoms with Crippen LogP contribution in [-0.4, -0.2) is 15.0 Å². The lowest BCUT2D eigenvalue weighted by Gasteiger charge is -2.04. The lowest BCUT2D eigenvalue weighted by Crippen LogP contribution is -2.02. The Bertz CT molecular complexity index is 415. The molecule has 0 aliphatic heterocycles. The fourth-order valence-corrected chi connectivity index (χ4v) is 1.09. The summed E-state index contributed by atoms with van der Waals surface area (Å²) in [5.41, 5.74) is 1.57. The minimum Gasteiger partial charge on any atom is -0.378 e. The van der Waals surface area contributed by atoms with E-state index in [0.717, 1.165) is 11.4 Å². The maximum absolute atomic E-state index is 12.5. The quantitative estimate of drug-likeness (QED) is 0.772. The fourth-order valence-electron chi connectivity index (χ4n) is 1.09. The van der Waals surface area contributed by atoms with Crippen molar-refractivity contribution < 1.29 is 4.39 Å². The van der Waals surface area contributed by atoms with Crippen LogP contribution in [0.3, 0.4) is 0 Å².